The highest BCUT2D eigenvalue weighted by Crippen LogP contribution is 1.99. The van der Waals surface area contributed by atoms with Gasteiger partial charge >= 0.3 is 0 Å². The Morgan fingerprint density at radius 1 is 1.89 bits per heavy atom. The molecule has 0 aliphatic carbocycles. The Labute approximate surface area is 51.3 Å². The van der Waals surface area contributed by atoms with Gasteiger partial charge in [0.25, 0.3) is 6.02 Å². The lowest BCUT2D eigenvalue weighted by Gasteiger charge is -1.93. The quantitative estimate of drug-likeness (QED) is 0.356. The summed E-state index contributed by atoms with van der Waals surface area (Å²) in [5.41, 5.74) is 4.89. The molecule has 5 heteroatoms. The van der Waals surface area contributed by atoms with Gasteiger partial charge in [-0.1, -0.05) is 0 Å². The van der Waals surface area contributed by atoms with Crippen molar-refractivity contribution in [3.05, 3.63) is 12.3 Å². The van der Waals surface area contributed by atoms with Gasteiger partial charge in [0.05, 0.1) is 0 Å². The first-order valence-corrected chi connectivity index (χ1v) is 2.30. The number of nitrogens with one attached hydrogen (secondary N) is 2. The Morgan fingerprint density at radius 3 is 3.11 bits per heavy atom. The number of nitrogens with two attached hydrogens (primary N) is 1. The number of nitrogens with zero attached hydrogens (tertiary/aromatic N) is 1. The van der Waals surface area contributed by atoms with E-state index < -0.39 is 0 Å². The standard InChI is InChI=1S/C4H6N4O/c5-4(6)9-3-1-2-7-8-3/h1-2H,(H3,5,6)(H,7,8). The molecule has 0 amide bonds. The van der Waals surface area contributed by atoms with E-state index in [4.69, 9.17) is 11.1 Å². The molecule has 1 aromatic rings. The molecule has 0 atom stereocenters. The Balaban J connectivity index is 2.58. The average molecular weight is 126 g/mol. The van der Waals surface area contributed by atoms with Gasteiger partial charge in [-0.3, -0.25) is 10.5 Å². The third-order valence-electron chi connectivity index (χ3n) is 0.690. The van der Waals surface area contributed by atoms with Crippen LogP contribution in [0.1, 0.15) is 0 Å². The molecule has 0 aliphatic heterocycles. The van der Waals surface area contributed by atoms with Crippen LogP contribution in [0.5, 0.6) is 5.88 Å². The zero-order valence-corrected chi connectivity index (χ0v) is 4.59. The smallest absolute Gasteiger partial charge is 0.285 e. The Morgan fingerprint density at radius 2 is 2.67 bits per heavy atom. The van der Waals surface area contributed by atoms with Gasteiger partial charge in [-0.25, -0.2) is 0 Å². The van der Waals surface area contributed by atoms with Gasteiger partial charge in [-0.15, -0.1) is 5.10 Å². The van der Waals surface area contributed by atoms with Gasteiger partial charge < -0.3 is 10.5 Å². The Bertz CT molecular complexity index is 192. The molecule has 0 aromatic carbocycles. The number of rotatable bonds is 1. The van der Waals surface area contributed by atoms with E-state index in [0.29, 0.717) is 5.88 Å². The van der Waals surface area contributed by atoms with E-state index in [0.717, 1.165) is 0 Å². The van der Waals surface area contributed by atoms with Crippen molar-refractivity contribution < 1.29 is 4.74 Å². The molecule has 4 N–H and O–H groups in total. The molecule has 1 aromatic heterocycles. The lowest BCUT2D eigenvalue weighted by atomic mass is 10.7. The monoisotopic (exact) mass is 126 g/mol. The third-order valence-corrected chi connectivity index (χ3v) is 0.690. The fourth-order valence-corrected chi connectivity index (χ4v) is 0.416. The van der Waals surface area contributed by atoms with Crippen LogP contribution < -0.4 is 10.5 Å². The summed E-state index contributed by atoms with van der Waals surface area (Å²) in [6.07, 6.45) is 1.58. The van der Waals surface area contributed by atoms with Crippen molar-refractivity contribution >= 4 is 6.02 Å². The van der Waals surface area contributed by atoms with Crippen LogP contribution in [0.15, 0.2) is 12.3 Å². The number of amidine groups is 1. The molecule has 5 nitrogen and oxygen atoms in total. The molecule has 1 heterocycles. The zero-order valence-electron chi connectivity index (χ0n) is 4.59. The van der Waals surface area contributed by atoms with Crippen LogP contribution in [0.3, 0.4) is 0 Å². The molecular weight excluding hydrogens is 120 g/mol. The largest absolute Gasteiger partial charge is 0.406 e. The molecule has 0 saturated carbocycles. The first-order valence-electron chi connectivity index (χ1n) is 2.30. The molecule has 0 bridgehead atoms. The van der Waals surface area contributed by atoms with Gasteiger partial charge in [0, 0.05) is 12.3 Å². The molecule has 0 radical (unpaired) electrons. The van der Waals surface area contributed by atoms with E-state index >= 15 is 0 Å². The fourth-order valence-electron chi connectivity index (χ4n) is 0.416. The Kier molecular flexibility index (Phi) is 1.35. The lowest BCUT2D eigenvalue weighted by Crippen LogP contribution is -2.17. The Hall–Kier alpha value is -1.52. The third kappa shape index (κ3) is 1.45. The van der Waals surface area contributed by atoms with E-state index in [9.17, 15) is 0 Å². The molecule has 0 fully saturated rings. The molecule has 0 saturated heterocycles. The summed E-state index contributed by atoms with van der Waals surface area (Å²) < 4.78 is 4.57. The van der Waals surface area contributed by atoms with Crippen molar-refractivity contribution in [2.45, 2.75) is 0 Å². The highest BCUT2D eigenvalue weighted by molar-refractivity contribution is 5.69. The minimum atomic E-state index is -0.359. The van der Waals surface area contributed by atoms with E-state index in [1.165, 1.54) is 0 Å². The van der Waals surface area contributed by atoms with Crippen molar-refractivity contribution in [2.75, 3.05) is 0 Å². The van der Waals surface area contributed by atoms with Gasteiger partial charge in [-0.05, 0) is 0 Å². The minimum Gasteiger partial charge on any atom is -0.406 e. The van der Waals surface area contributed by atoms with E-state index in [1.54, 1.807) is 12.3 Å². The first kappa shape index (κ1) is 5.61. The summed E-state index contributed by atoms with van der Waals surface area (Å²) in [6.45, 7) is 0. The maximum absolute atomic E-state index is 6.67. The van der Waals surface area contributed by atoms with Gasteiger partial charge in [-0.2, -0.15) is 0 Å². The summed E-state index contributed by atoms with van der Waals surface area (Å²) in [5, 5.41) is 12.8. The summed E-state index contributed by atoms with van der Waals surface area (Å²) in [6, 6.07) is 1.21. The molecule has 9 heavy (non-hydrogen) atoms. The van der Waals surface area contributed by atoms with Gasteiger partial charge in [0.1, 0.15) is 0 Å². The molecular formula is C4H6N4O. The van der Waals surface area contributed by atoms with Crippen molar-refractivity contribution in [2.24, 2.45) is 5.73 Å². The SMILES string of the molecule is N=C(N)Oc1cc[nH]n1. The van der Waals surface area contributed by atoms with Crippen molar-refractivity contribution in [1.29, 1.82) is 5.41 Å². The average Bonchev–Trinajstić information content (AvgIpc) is 2.15. The molecule has 0 unspecified atom stereocenters. The molecule has 1 rings (SSSR count). The van der Waals surface area contributed by atoms with Crippen LogP contribution in [0.2, 0.25) is 0 Å². The van der Waals surface area contributed by atoms with Crippen LogP contribution in [0, 0.1) is 5.41 Å². The maximum atomic E-state index is 6.67. The zero-order chi connectivity index (χ0) is 6.69. The number of H-pyrrole nitrogens is 1. The minimum absolute atomic E-state index is 0.308. The first-order chi connectivity index (χ1) is 4.29. The van der Waals surface area contributed by atoms with Crippen LogP contribution in [0.25, 0.3) is 0 Å². The number of hydrogen-bond acceptors (Lipinski definition) is 3. The molecule has 48 valence electrons. The highest BCUT2D eigenvalue weighted by atomic mass is 16.5. The number of hydrogen-bond donors (Lipinski definition) is 3. The number of aromatic nitrogens is 2. The summed E-state index contributed by atoms with van der Waals surface area (Å²) in [7, 11) is 0. The van der Waals surface area contributed by atoms with Gasteiger partial charge in [0.15, 0.2) is 0 Å². The van der Waals surface area contributed by atoms with E-state index in [-0.39, 0.29) is 6.02 Å². The highest BCUT2D eigenvalue weighted by Gasteiger charge is 1.93. The summed E-state index contributed by atoms with van der Waals surface area (Å²) >= 11 is 0. The second kappa shape index (κ2) is 2.17. The predicted molar refractivity (Wildman–Crippen MR) is 31.1 cm³/mol. The second-order valence-electron chi connectivity index (χ2n) is 1.38. The van der Waals surface area contributed by atoms with Crippen molar-refractivity contribution in [3.8, 4) is 5.88 Å². The maximum Gasteiger partial charge on any atom is 0.285 e. The fraction of sp³-hybridized carbons (Fsp3) is 0. The predicted octanol–water partition coefficient (Wildman–Crippen LogP) is -0.318. The van der Waals surface area contributed by atoms with Crippen molar-refractivity contribution in [1.82, 2.24) is 10.2 Å². The van der Waals surface area contributed by atoms with Crippen LogP contribution in [-0.4, -0.2) is 16.2 Å². The van der Waals surface area contributed by atoms with Gasteiger partial charge in [0.2, 0.25) is 5.88 Å². The van der Waals surface area contributed by atoms with Crippen LogP contribution >= 0.6 is 0 Å². The summed E-state index contributed by atoms with van der Waals surface area (Å²) in [4.78, 5) is 0. The molecule has 0 aliphatic rings. The summed E-state index contributed by atoms with van der Waals surface area (Å²) in [5.74, 6) is 0.308. The number of aromatic amines is 1. The lowest BCUT2D eigenvalue weighted by molar-refractivity contribution is 0.513. The van der Waals surface area contributed by atoms with Crippen molar-refractivity contribution in [3.63, 3.8) is 0 Å². The molecule has 0 spiro atoms. The van der Waals surface area contributed by atoms with Crippen LogP contribution in [0.4, 0.5) is 0 Å². The van der Waals surface area contributed by atoms with E-state index in [2.05, 4.69) is 14.9 Å². The van der Waals surface area contributed by atoms with Crippen LogP contribution in [-0.2, 0) is 0 Å². The second-order valence-corrected chi connectivity index (χ2v) is 1.38. The normalized spacial score (nSPS) is 8.89. The number of ether oxygens (including phenoxy) is 1. The van der Waals surface area contributed by atoms with E-state index in [1.807, 2.05) is 0 Å². The topological polar surface area (TPSA) is 87.8 Å².